The van der Waals surface area contributed by atoms with Crippen molar-refractivity contribution in [3.63, 3.8) is 0 Å². The van der Waals surface area contributed by atoms with Crippen LogP contribution in [0.1, 0.15) is 97.3 Å². The third kappa shape index (κ3) is 36.3. The van der Waals surface area contributed by atoms with Crippen molar-refractivity contribution in [3.8, 4) is 0 Å². The normalized spacial score (nSPS) is 11.0. The molecule has 5 heteroatoms. The molecule has 0 aromatic rings. The topological polar surface area (TPSA) is 34.1 Å². The highest BCUT2D eigenvalue weighted by Crippen LogP contribution is 2.12. The van der Waals surface area contributed by atoms with Gasteiger partial charge >= 0.3 is 8.26 Å². The highest BCUT2D eigenvalue weighted by atomic mass is 36.0. The Labute approximate surface area is 135 Å². The van der Waals surface area contributed by atoms with Crippen LogP contribution in [0.4, 0.5) is 0 Å². The van der Waals surface area contributed by atoms with E-state index in [9.17, 15) is 0 Å². The van der Waals surface area contributed by atoms with Gasteiger partial charge in [0.15, 0.2) is 0 Å². The van der Waals surface area contributed by atoms with E-state index in [0.29, 0.717) is 0 Å². The molecule has 0 N–H and O–H groups in total. The van der Waals surface area contributed by atoms with Crippen molar-refractivity contribution < 1.29 is 8.42 Å². The van der Waals surface area contributed by atoms with E-state index >= 15 is 0 Å². The summed E-state index contributed by atoms with van der Waals surface area (Å²) >= 11 is 0. The minimum Gasteiger partial charge on any atom is -0.195 e. The van der Waals surface area contributed by atoms with Gasteiger partial charge < -0.3 is 0 Å². The first-order valence-electron chi connectivity index (χ1n) is 8.06. The molecule has 20 heavy (non-hydrogen) atoms. The molecule has 0 spiro atoms. The predicted octanol–water partition coefficient (Wildman–Crippen LogP) is 6.81. The van der Waals surface area contributed by atoms with Crippen LogP contribution in [0.2, 0.25) is 0 Å². The van der Waals surface area contributed by atoms with Gasteiger partial charge in [-0.3, -0.25) is 0 Å². The molecular weight excluding hydrogens is 315 g/mol. The number of hydrogen-bond acceptors (Lipinski definition) is 2. The summed E-state index contributed by atoms with van der Waals surface area (Å²) in [6, 6.07) is 0. The highest BCUT2D eigenvalue weighted by Gasteiger charge is 1.92. The molecule has 0 bridgehead atoms. The fourth-order valence-electron chi connectivity index (χ4n) is 2.09. The van der Waals surface area contributed by atoms with Crippen LogP contribution in [0.25, 0.3) is 0 Å². The van der Waals surface area contributed by atoms with E-state index in [1.165, 1.54) is 83.5 Å². The lowest BCUT2D eigenvalue weighted by molar-refractivity contribution is 0.542. The molecule has 0 aliphatic heterocycles. The Balaban J connectivity index is 0. The van der Waals surface area contributed by atoms with Gasteiger partial charge in [0.2, 0.25) is 0 Å². The quantitative estimate of drug-likeness (QED) is 0.287. The first-order chi connectivity index (χ1) is 9.41. The summed E-state index contributed by atoms with van der Waals surface area (Å²) in [7, 11) is 4.81. The van der Waals surface area contributed by atoms with Crippen LogP contribution in [0.3, 0.4) is 0 Å². The Morgan fingerprint density at radius 3 is 0.850 bits per heavy atom. The summed E-state index contributed by atoms with van der Waals surface area (Å²) in [6.45, 7) is 4.58. The SMILES string of the molecule is CCCCCCCCCCCCCCC.O=S(=O)(Cl)Cl. The Hall–Kier alpha value is 0.530. The largest absolute Gasteiger partial charge is 0.317 e. The maximum absolute atomic E-state index is 9.16. The lowest BCUT2D eigenvalue weighted by Gasteiger charge is -2.01. The Morgan fingerprint density at radius 2 is 0.700 bits per heavy atom. The van der Waals surface area contributed by atoms with E-state index in [2.05, 4.69) is 35.2 Å². The first-order valence-corrected chi connectivity index (χ1v) is 11.2. The van der Waals surface area contributed by atoms with Crippen LogP contribution in [0, 0.1) is 0 Å². The van der Waals surface area contributed by atoms with Crippen molar-refractivity contribution in [3.05, 3.63) is 0 Å². The summed E-state index contributed by atoms with van der Waals surface area (Å²) in [6.07, 6.45) is 18.9. The average Bonchev–Trinajstić information content (AvgIpc) is 2.34. The molecule has 0 aliphatic carbocycles. The molecule has 0 unspecified atom stereocenters. The summed E-state index contributed by atoms with van der Waals surface area (Å²) in [4.78, 5) is 0. The van der Waals surface area contributed by atoms with Crippen molar-refractivity contribution in [1.82, 2.24) is 0 Å². The van der Waals surface area contributed by atoms with E-state index in [1.54, 1.807) is 0 Å². The Kier molecular flexibility index (Phi) is 20.0. The number of rotatable bonds is 12. The Bertz CT molecular complexity index is 247. The third-order valence-corrected chi connectivity index (χ3v) is 3.21. The van der Waals surface area contributed by atoms with Gasteiger partial charge in [0, 0.05) is 21.4 Å². The van der Waals surface area contributed by atoms with Crippen molar-refractivity contribution >= 4 is 29.6 Å². The summed E-state index contributed by atoms with van der Waals surface area (Å²) in [5.74, 6) is 0. The van der Waals surface area contributed by atoms with E-state index in [-0.39, 0.29) is 0 Å². The van der Waals surface area contributed by atoms with Gasteiger partial charge in [-0.1, -0.05) is 97.3 Å². The number of halogens is 2. The molecule has 0 heterocycles. The molecule has 0 rings (SSSR count). The molecule has 0 saturated carbocycles. The molecule has 0 saturated heterocycles. The van der Waals surface area contributed by atoms with Gasteiger partial charge in [-0.05, 0) is 0 Å². The second kappa shape index (κ2) is 17.6. The fourth-order valence-corrected chi connectivity index (χ4v) is 2.09. The lowest BCUT2D eigenvalue weighted by atomic mass is 10.1. The van der Waals surface area contributed by atoms with Gasteiger partial charge in [0.1, 0.15) is 0 Å². The van der Waals surface area contributed by atoms with Gasteiger partial charge in [-0.2, -0.15) is 8.42 Å². The van der Waals surface area contributed by atoms with E-state index in [4.69, 9.17) is 8.42 Å². The van der Waals surface area contributed by atoms with Crippen molar-refractivity contribution in [2.75, 3.05) is 0 Å². The summed E-state index contributed by atoms with van der Waals surface area (Å²) in [5.41, 5.74) is 0. The van der Waals surface area contributed by atoms with Gasteiger partial charge in [0.25, 0.3) is 0 Å². The maximum atomic E-state index is 9.16. The summed E-state index contributed by atoms with van der Waals surface area (Å²) in [5, 5.41) is 0. The van der Waals surface area contributed by atoms with Crippen LogP contribution in [-0.4, -0.2) is 8.42 Å². The van der Waals surface area contributed by atoms with E-state index in [1.807, 2.05) is 0 Å². The monoisotopic (exact) mass is 346 g/mol. The van der Waals surface area contributed by atoms with Crippen molar-refractivity contribution in [2.24, 2.45) is 0 Å². The van der Waals surface area contributed by atoms with Gasteiger partial charge in [-0.25, -0.2) is 0 Å². The van der Waals surface area contributed by atoms with E-state index in [0.717, 1.165) is 0 Å². The summed E-state index contributed by atoms with van der Waals surface area (Å²) < 4.78 is 18.3. The second-order valence-corrected chi connectivity index (χ2v) is 8.94. The molecule has 0 radical (unpaired) electrons. The second-order valence-electron chi connectivity index (χ2n) is 5.27. The zero-order valence-corrected chi connectivity index (χ0v) is 15.5. The fraction of sp³-hybridized carbons (Fsp3) is 1.00. The molecule has 0 atom stereocenters. The predicted molar refractivity (Wildman–Crippen MR) is 92.0 cm³/mol. The van der Waals surface area contributed by atoms with Crippen LogP contribution < -0.4 is 0 Å². The van der Waals surface area contributed by atoms with Crippen LogP contribution in [-0.2, 0) is 8.26 Å². The van der Waals surface area contributed by atoms with E-state index < -0.39 is 8.26 Å². The van der Waals surface area contributed by atoms with Crippen LogP contribution in [0.5, 0.6) is 0 Å². The van der Waals surface area contributed by atoms with Crippen LogP contribution >= 0.6 is 21.4 Å². The molecule has 2 nitrogen and oxygen atoms in total. The first kappa shape index (κ1) is 22.8. The Morgan fingerprint density at radius 1 is 0.550 bits per heavy atom. The molecular formula is C15H32Cl2O2S. The zero-order chi connectivity index (χ0) is 15.7. The zero-order valence-electron chi connectivity index (χ0n) is 13.2. The van der Waals surface area contributed by atoms with Gasteiger partial charge in [0.05, 0.1) is 0 Å². The average molecular weight is 347 g/mol. The highest BCUT2D eigenvalue weighted by molar-refractivity contribution is 8.31. The molecule has 0 aliphatic rings. The number of unbranched alkanes of at least 4 members (excludes halogenated alkanes) is 12. The van der Waals surface area contributed by atoms with Crippen molar-refractivity contribution in [1.29, 1.82) is 0 Å². The smallest absolute Gasteiger partial charge is 0.195 e. The molecule has 0 aromatic heterocycles. The van der Waals surface area contributed by atoms with Crippen molar-refractivity contribution in [2.45, 2.75) is 97.3 Å². The minimum absolute atomic E-state index is 1.37. The van der Waals surface area contributed by atoms with Gasteiger partial charge in [-0.15, -0.1) is 0 Å². The lowest BCUT2D eigenvalue weighted by Crippen LogP contribution is -1.82. The number of hydrogen-bond donors (Lipinski definition) is 0. The minimum atomic E-state index is -3.72. The molecule has 0 fully saturated rings. The molecule has 124 valence electrons. The standard InChI is InChI=1S/C15H32.Cl2O2S/c1-3-5-7-9-11-13-15-14-12-10-8-6-4-2;1-5(2,3)4/h3-15H2,1-2H3;. The van der Waals surface area contributed by atoms with Crippen LogP contribution in [0.15, 0.2) is 0 Å². The molecule has 0 amide bonds. The maximum Gasteiger partial charge on any atom is 0.317 e. The molecule has 0 aromatic carbocycles. The third-order valence-electron chi connectivity index (χ3n) is 3.21.